The first-order valence-corrected chi connectivity index (χ1v) is 7.34. The van der Waals surface area contributed by atoms with Crippen LogP contribution in [0.2, 0.25) is 0 Å². The molecule has 1 aliphatic heterocycles. The monoisotopic (exact) mass is 278 g/mol. The molecule has 1 heterocycles. The van der Waals surface area contributed by atoms with Crippen molar-refractivity contribution in [1.29, 1.82) is 0 Å². The summed E-state index contributed by atoms with van der Waals surface area (Å²) in [5.41, 5.74) is 7.36. The van der Waals surface area contributed by atoms with E-state index < -0.39 is 0 Å². The van der Waals surface area contributed by atoms with Crippen molar-refractivity contribution in [2.75, 3.05) is 20.4 Å². The van der Waals surface area contributed by atoms with Crippen molar-refractivity contribution in [1.82, 2.24) is 4.90 Å². The Balaban J connectivity index is 1.94. The second kappa shape index (κ2) is 6.46. The highest BCUT2D eigenvalue weighted by atomic mass is 16.7. The Morgan fingerprint density at radius 2 is 1.90 bits per heavy atom. The quantitative estimate of drug-likeness (QED) is 0.869. The first-order valence-electron chi connectivity index (χ1n) is 7.34. The molecule has 4 nitrogen and oxygen atoms in total. The van der Waals surface area contributed by atoms with Crippen molar-refractivity contribution in [3.8, 4) is 11.5 Å². The third-order valence-electron chi connectivity index (χ3n) is 4.21. The van der Waals surface area contributed by atoms with Crippen LogP contribution in [0.5, 0.6) is 11.5 Å². The maximum absolute atomic E-state index is 6.11. The summed E-state index contributed by atoms with van der Waals surface area (Å²) in [7, 11) is 2.14. The first-order chi connectivity index (χ1) is 9.49. The summed E-state index contributed by atoms with van der Waals surface area (Å²) in [4.78, 5) is 2.33. The highest BCUT2D eigenvalue weighted by Gasteiger charge is 2.18. The van der Waals surface area contributed by atoms with Gasteiger partial charge in [-0.15, -0.1) is 0 Å². The minimum absolute atomic E-state index is 0.265. The van der Waals surface area contributed by atoms with Gasteiger partial charge in [-0.1, -0.05) is 19.9 Å². The lowest BCUT2D eigenvalue weighted by Gasteiger charge is -2.27. The molecule has 0 saturated carbocycles. The Hall–Kier alpha value is -1.26. The van der Waals surface area contributed by atoms with E-state index in [0.29, 0.717) is 18.8 Å². The zero-order chi connectivity index (χ0) is 14.7. The van der Waals surface area contributed by atoms with Gasteiger partial charge in [0.25, 0.3) is 0 Å². The molecule has 1 aliphatic rings. The number of fused-ring (bicyclic) bond motifs is 1. The van der Waals surface area contributed by atoms with Crippen LogP contribution < -0.4 is 15.2 Å². The Kier molecular flexibility index (Phi) is 4.89. The minimum atomic E-state index is 0.265. The Bertz CT molecular complexity index is 448. The molecule has 2 atom stereocenters. The van der Waals surface area contributed by atoms with Gasteiger partial charge >= 0.3 is 0 Å². The predicted octanol–water partition coefficient (Wildman–Crippen LogP) is 2.78. The van der Waals surface area contributed by atoms with E-state index in [4.69, 9.17) is 15.2 Å². The fourth-order valence-corrected chi connectivity index (χ4v) is 2.31. The van der Waals surface area contributed by atoms with Crippen LogP contribution in [0.25, 0.3) is 0 Å². The normalized spacial score (nSPS) is 16.8. The summed E-state index contributed by atoms with van der Waals surface area (Å²) >= 11 is 0. The van der Waals surface area contributed by atoms with Gasteiger partial charge in [0.1, 0.15) is 0 Å². The molecular formula is C16H26N2O2. The molecule has 2 N–H and O–H groups in total. The standard InChI is InChI=1S/C16H26N2O2/c1-11(2)14(17)7-8-18(4)12(3)13-5-6-15-16(9-13)20-10-19-15/h5-6,9,11-12,14H,7-8,10,17H2,1-4H3. The SMILES string of the molecule is CC(C)C(N)CCN(C)C(C)c1ccc2c(c1)OCO2. The number of nitrogens with zero attached hydrogens (tertiary/aromatic N) is 1. The molecular weight excluding hydrogens is 252 g/mol. The van der Waals surface area contributed by atoms with Gasteiger partial charge in [-0.3, -0.25) is 4.90 Å². The third-order valence-corrected chi connectivity index (χ3v) is 4.21. The molecule has 0 saturated heterocycles. The van der Waals surface area contributed by atoms with Crippen LogP contribution in [-0.2, 0) is 0 Å². The van der Waals surface area contributed by atoms with Gasteiger partial charge < -0.3 is 15.2 Å². The molecule has 0 spiro atoms. The van der Waals surface area contributed by atoms with Crippen LogP contribution >= 0.6 is 0 Å². The predicted molar refractivity (Wildman–Crippen MR) is 81.0 cm³/mol. The zero-order valence-corrected chi connectivity index (χ0v) is 12.9. The Morgan fingerprint density at radius 1 is 1.20 bits per heavy atom. The second-order valence-electron chi connectivity index (χ2n) is 5.97. The van der Waals surface area contributed by atoms with Crippen LogP contribution in [0.1, 0.15) is 38.8 Å². The lowest BCUT2D eigenvalue weighted by molar-refractivity contribution is 0.173. The summed E-state index contributed by atoms with van der Waals surface area (Å²) in [6.07, 6.45) is 1.02. The van der Waals surface area contributed by atoms with Crippen molar-refractivity contribution in [2.45, 2.75) is 39.3 Å². The highest BCUT2D eigenvalue weighted by Crippen LogP contribution is 2.35. The molecule has 0 amide bonds. The van der Waals surface area contributed by atoms with E-state index in [1.165, 1.54) is 5.56 Å². The van der Waals surface area contributed by atoms with Gasteiger partial charge in [-0.2, -0.15) is 0 Å². The lowest BCUT2D eigenvalue weighted by Crippen LogP contribution is -2.32. The van der Waals surface area contributed by atoms with Gasteiger partial charge in [0.15, 0.2) is 11.5 Å². The first kappa shape index (κ1) is 15.1. The number of nitrogens with two attached hydrogens (primary N) is 1. The van der Waals surface area contributed by atoms with Crippen LogP contribution in [0, 0.1) is 5.92 Å². The van der Waals surface area contributed by atoms with E-state index in [0.717, 1.165) is 24.5 Å². The molecule has 1 aromatic carbocycles. The third kappa shape index (κ3) is 3.44. The number of hydrogen-bond donors (Lipinski definition) is 1. The number of rotatable bonds is 6. The molecule has 0 bridgehead atoms. The highest BCUT2D eigenvalue weighted by molar-refractivity contribution is 5.45. The van der Waals surface area contributed by atoms with Gasteiger partial charge in [0.05, 0.1) is 0 Å². The fraction of sp³-hybridized carbons (Fsp3) is 0.625. The largest absolute Gasteiger partial charge is 0.454 e. The molecule has 0 radical (unpaired) electrons. The van der Waals surface area contributed by atoms with E-state index in [1.54, 1.807) is 0 Å². The van der Waals surface area contributed by atoms with Gasteiger partial charge in [-0.25, -0.2) is 0 Å². The zero-order valence-electron chi connectivity index (χ0n) is 12.9. The van der Waals surface area contributed by atoms with Crippen LogP contribution in [0.3, 0.4) is 0 Å². The van der Waals surface area contributed by atoms with Crippen LogP contribution in [0.4, 0.5) is 0 Å². The molecule has 0 fully saturated rings. The lowest BCUT2D eigenvalue weighted by atomic mass is 10.0. The second-order valence-corrected chi connectivity index (χ2v) is 5.97. The number of hydrogen-bond acceptors (Lipinski definition) is 4. The van der Waals surface area contributed by atoms with Gasteiger partial charge in [0, 0.05) is 12.1 Å². The fourth-order valence-electron chi connectivity index (χ4n) is 2.31. The van der Waals surface area contributed by atoms with E-state index in [9.17, 15) is 0 Å². The molecule has 1 aromatic rings. The Morgan fingerprint density at radius 3 is 2.60 bits per heavy atom. The van der Waals surface area contributed by atoms with Crippen molar-refractivity contribution < 1.29 is 9.47 Å². The summed E-state index contributed by atoms with van der Waals surface area (Å²) in [6, 6.07) is 6.77. The molecule has 0 aromatic heterocycles. The van der Waals surface area contributed by atoms with E-state index >= 15 is 0 Å². The maximum atomic E-state index is 6.11. The average molecular weight is 278 g/mol. The smallest absolute Gasteiger partial charge is 0.231 e. The van der Waals surface area contributed by atoms with Crippen LogP contribution in [-0.4, -0.2) is 31.3 Å². The van der Waals surface area contributed by atoms with Crippen LogP contribution in [0.15, 0.2) is 18.2 Å². The molecule has 4 heteroatoms. The molecule has 2 rings (SSSR count). The number of ether oxygens (including phenoxy) is 2. The van der Waals surface area contributed by atoms with E-state index in [-0.39, 0.29) is 6.04 Å². The minimum Gasteiger partial charge on any atom is -0.454 e. The van der Waals surface area contributed by atoms with E-state index in [1.807, 2.05) is 6.07 Å². The van der Waals surface area contributed by atoms with Crippen molar-refractivity contribution in [2.24, 2.45) is 11.7 Å². The van der Waals surface area contributed by atoms with Gasteiger partial charge in [-0.05, 0) is 50.6 Å². The summed E-state index contributed by atoms with van der Waals surface area (Å²) < 4.78 is 10.8. The summed E-state index contributed by atoms with van der Waals surface area (Å²) in [5.74, 6) is 2.22. The maximum Gasteiger partial charge on any atom is 0.231 e. The molecule has 2 unspecified atom stereocenters. The average Bonchev–Trinajstić information content (AvgIpc) is 2.90. The van der Waals surface area contributed by atoms with E-state index in [2.05, 4.69) is 44.9 Å². The Labute approximate surface area is 121 Å². The summed E-state index contributed by atoms with van der Waals surface area (Å²) in [5, 5.41) is 0. The molecule has 0 aliphatic carbocycles. The van der Waals surface area contributed by atoms with Gasteiger partial charge in [0.2, 0.25) is 6.79 Å². The number of benzene rings is 1. The van der Waals surface area contributed by atoms with Crippen molar-refractivity contribution in [3.63, 3.8) is 0 Å². The summed E-state index contributed by atoms with van der Waals surface area (Å²) in [6.45, 7) is 7.87. The molecule has 112 valence electrons. The van der Waals surface area contributed by atoms with Crippen molar-refractivity contribution in [3.05, 3.63) is 23.8 Å². The molecule has 20 heavy (non-hydrogen) atoms. The van der Waals surface area contributed by atoms with Crippen molar-refractivity contribution >= 4 is 0 Å². The topological polar surface area (TPSA) is 47.7 Å².